The second kappa shape index (κ2) is 7.77. The highest BCUT2D eigenvalue weighted by Crippen LogP contribution is 2.32. The summed E-state index contributed by atoms with van der Waals surface area (Å²) in [5, 5.41) is 2.85. The molecule has 1 N–H and O–H groups in total. The molecule has 1 atom stereocenters. The summed E-state index contributed by atoms with van der Waals surface area (Å²) < 4.78 is 6.10. The molecule has 0 saturated carbocycles. The van der Waals surface area contributed by atoms with Gasteiger partial charge in [-0.1, -0.05) is 12.1 Å². The zero-order chi connectivity index (χ0) is 16.9. The van der Waals surface area contributed by atoms with Crippen LogP contribution in [0.4, 0.5) is 5.82 Å². The minimum absolute atomic E-state index is 0.0368. The molecule has 1 fully saturated rings. The Bertz CT molecular complexity index is 688. The molecule has 1 amide bonds. The minimum Gasteiger partial charge on any atom is -0.497 e. The first-order chi connectivity index (χ1) is 11.7. The van der Waals surface area contributed by atoms with Gasteiger partial charge < -0.3 is 10.1 Å². The van der Waals surface area contributed by atoms with Crippen LogP contribution in [-0.2, 0) is 4.79 Å². The fourth-order valence-corrected chi connectivity index (χ4v) is 3.27. The molecule has 1 aromatic heterocycles. The number of carbonyl (C=O) groups excluding carboxylic acids is 1. The van der Waals surface area contributed by atoms with Crippen LogP contribution in [0.5, 0.6) is 5.75 Å². The zero-order valence-corrected chi connectivity index (χ0v) is 15.1. The average molecular weight is 390 g/mol. The zero-order valence-electron chi connectivity index (χ0n) is 13.5. The molecule has 1 aliphatic heterocycles. The van der Waals surface area contributed by atoms with Crippen molar-refractivity contribution in [3.05, 3.63) is 52.6 Å². The van der Waals surface area contributed by atoms with Gasteiger partial charge in [0, 0.05) is 16.7 Å². The van der Waals surface area contributed by atoms with Crippen molar-refractivity contribution >= 4 is 27.7 Å². The lowest BCUT2D eigenvalue weighted by atomic mass is 10.0. The fraction of sp³-hybridized carbons (Fsp3) is 0.333. The van der Waals surface area contributed by atoms with E-state index >= 15 is 0 Å². The summed E-state index contributed by atoms with van der Waals surface area (Å²) in [5.41, 5.74) is 1.22. The van der Waals surface area contributed by atoms with Crippen LogP contribution in [0.15, 0.2) is 47.1 Å². The third kappa shape index (κ3) is 4.13. The Morgan fingerprint density at radius 1 is 1.33 bits per heavy atom. The van der Waals surface area contributed by atoms with Crippen LogP contribution in [0.3, 0.4) is 0 Å². The molecule has 1 aromatic carbocycles. The lowest BCUT2D eigenvalue weighted by Gasteiger charge is -2.24. The molecule has 0 radical (unpaired) electrons. The molecule has 3 rings (SSSR count). The van der Waals surface area contributed by atoms with Crippen molar-refractivity contribution in [2.75, 3.05) is 25.5 Å². The topological polar surface area (TPSA) is 54.5 Å². The molecular formula is C18H20BrN3O2. The number of nitrogens with one attached hydrogen (secondary N) is 1. The maximum atomic E-state index is 12.3. The fourth-order valence-electron chi connectivity index (χ4n) is 3.04. The van der Waals surface area contributed by atoms with Crippen LogP contribution in [0.1, 0.15) is 24.4 Å². The quantitative estimate of drug-likeness (QED) is 0.847. The van der Waals surface area contributed by atoms with Crippen LogP contribution >= 0.6 is 15.9 Å². The van der Waals surface area contributed by atoms with Gasteiger partial charge in [-0.3, -0.25) is 9.69 Å². The van der Waals surface area contributed by atoms with Gasteiger partial charge in [0.2, 0.25) is 5.91 Å². The Balaban J connectivity index is 1.62. The summed E-state index contributed by atoms with van der Waals surface area (Å²) in [6.07, 6.45) is 3.84. The summed E-state index contributed by atoms with van der Waals surface area (Å²) in [6, 6.07) is 12.0. The molecule has 0 spiro atoms. The van der Waals surface area contributed by atoms with Gasteiger partial charge in [-0.15, -0.1) is 0 Å². The lowest BCUT2D eigenvalue weighted by Crippen LogP contribution is -2.33. The predicted octanol–water partition coefficient (Wildman–Crippen LogP) is 3.63. The summed E-state index contributed by atoms with van der Waals surface area (Å²) in [4.78, 5) is 18.7. The van der Waals surface area contributed by atoms with Gasteiger partial charge in [-0.05, 0) is 65.1 Å². The van der Waals surface area contributed by atoms with Crippen molar-refractivity contribution in [2.45, 2.75) is 18.9 Å². The Labute approximate surface area is 150 Å². The first kappa shape index (κ1) is 16.9. The van der Waals surface area contributed by atoms with E-state index in [1.54, 1.807) is 19.4 Å². The second-order valence-corrected chi connectivity index (χ2v) is 6.73. The molecule has 2 aromatic rings. The normalized spacial score (nSPS) is 17.7. The SMILES string of the molecule is COc1ccc([C@H]2CCCN2CC(=O)Nc2ccc(Br)cn2)cc1. The van der Waals surface area contributed by atoms with Gasteiger partial charge >= 0.3 is 0 Å². The molecule has 0 bridgehead atoms. The number of carbonyl (C=O) groups is 1. The van der Waals surface area contributed by atoms with Crippen LogP contribution in [0, 0.1) is 0 Å². The molecule has 0 unspecified atom stereocenters. The Morgan fingerprint density at radius 3 is 2.79 bits per heavy atom. The molecular weight excluding hydrogens is 370 g/mol. The lowest BCUT2D eigenvalue weighted by molar-refractivity contribution is -0.117. The van der Waals surface area contributed by atoms with Crippen molar-refractivity contribution < 1.29 is 9.53 Å². The van der Waals surface area contributed by atoms with Gasteiger partial charge in [-0.25, -0.2) is 4.98 Å². The number of hydrogen-bond donors (Lipinski definition) is 1. The standard InChI is InChI=1S/C18H20BrN3O2/c1-24-15-7-4-13(5-8-15)16-3-2-10-22(16)12-18(23)21-17-9-6-14(19)11-20-17/h4-9,11,16H,2-3,10,12H2,1H3,(H,20,21,23)/t16-/m1/s1. The summed E-state index contributed by atoms with van der Waals surface area (Å²) in [7, 11) is 1.66. The predicted molar refractivity (Wildman–Crippen MR) is 97.1 cm³/mol. The monoisotopic (exact) mass is 389 g/mol. The Morgan fingerprint density at radius 2 is 2.12 bits per heavy atom. The molecule has 126 valence electrons. The molecule has 5 nitrogen and oxygen atoms in total. The number of ether oxygens (including phenoxy) is 1. The van der Waals surface area contributed by atoms with Crippen molar-refractivity contribution in [1.82, 2.24) is 9.88 Å². The average Bonchev–Trinajstić information content (AvgIpc) is 3.05. The third-order valence-electron chi connectivity index (χ3n) is 4.21. The summed E-state index contributed by atoms with van der Waals surface area (Å²) in [6.45, 7) is 1.30. The van der Waals surface area contributed by atoms with Gasteiger partial charge in [0.05, 0.1) is 13.7 Å². The number of methoxy groups -OCH3 is 1. The van der Waals surface area contributed by atoms with Crippen LogP contribution in [0.25, 0.3) is 0 Å². The molecule has 24 heavy (non-hydrogen) atoms. The van der Waals surface area contributed by atoms with E-state index in [1.807, 2.05) is 18.2 Å². The van der Waals surface area contributed by atoms with Crippen molar-refractivity contribution in [1.29, 1.82) is 0 Å². The summed E-state index contributed by atoms with van der Waals surface area (Å²) >= 11 is 3.33. The van der Waals surface area contributed by atoms with E-state index in [1.165, 1.54) is 5.56 Å². The number of rotatable bonds is 5. The highest BCUT2D eigenvalue weighted by Gasteiger charge is 2.27. The van der Waals surface area contributed by atoms with E-state index in [-0.39, 0.29) is 11.9 Å². The number of benzene rings is 1. The summed E-state index contributed by atoms with van der Waals surface area (Å²) in [5.74, 6) is 1.39. The van der Waals surface area contributed by atoms with Gasteiger partial charge in [-0.2, -0.15) is 0 Å². The number of halogens is 1. The Hall–Kier alpha value is -1.92. The van der Waals surface area contributed by atoms with Gasteiger partial charge in [0.1, 0.15) is 11.6 Å². The number of nitrogens with zero attached hydrogens (tertiary/aromatic N) is 2. The third-order valence-corrected chi connectivity index (χ3v) is 4.67. The Kier molecular flexibility index (Phi) is 5.48. The van der Waals surface area contributed by atoms with Gasteiger partial charge in [0.15, 0.2) is 0 Å². The van der Waals surface area contributed by atoms with E-state index in [0.29, 0.717) is 12.4 Å². The van der Waals surface area contributed by atoms with E-state index in [4.69, 9.17) is 4.74 Å². The number of likely N-dealkylation sites (tertiary alicyclic amines) is 1. The number of amides is 1. The largest absolute Gasteiger partial charge is 0.497 e. The first-order valence-corrected chi connectivity index (χ1v) is 8.74. The number of hydrogen-bond acceptors (Lipinski definition) is 4. The smallest absolute Gasteiger partial charge is 0.239 e. The van der Waals surface area contributed by atoms with E-state index in [2.05, 4.69) is 43.3 Å². The maximum absolute atomic E-state index is 12.3. The molecule has 0 aliphatic carbocycles. The van der Waals surface area contributed by atoms with Crippen LogP contribution in [0.2, 0.25) is 0 Å². The maximum Gasteiger partial charge on any atom is 0.239 e. The van der Waals surface area contributed by atoms with E-state index in [0.717, 1.165) is 29.6 Å². The number of pyridine rings is 1. The van der Waals surface area contributed by atoms with Crippen LogP contribution < -0.4 is 10.1 Å². The number of aromatic nitrogens is 1. The van der Waals surface area contributed by atoms with E-state index in [9.17, 15) is 4.79 Å². The molecule has 1 saturated heterocycles. The molecule has 2 heterocycles. The van der Waals surface area contributed by atoms with Crippen LogP contribution in [-0.4, -0.2) is 36.0 Å². The molecule has 1 aliphatic rings. The number of anilines is 1. The first-order valence-electron chi connectivity index (χ1n) is 7.95. The minimum atomic E-state index is -0.0368. The highest BCUT2D eigenvalue weighted by atomic mass is 79.9. The van der Waals surface area contributed by atoms with Crippen molar-refractivity contribution in [2.24, 2.45) is 0 Å². The van der Waals surface area contributed by atoms with Crippen molar-refractivity contribution in [3.8, 4) is 5.75 Å². The van der Waals surface area contributed by atoms with Crippen molar-refractivity contribution in [3.63, 3.8) is 0 Å². The van der Waals surface area contributed by atoms with Gasteiger partial charge in [0.25, 0.3) is 0 Å². The molecule has 6 heteroatoms. The second-order valence-electron chi connectivity index (χ2n) is 5.81. The van der Waals surface area contributed by atoms with E-state index < -0.39 is 0 Å². The highest BCUT2D eigenvalue weighted by molar-refractivity contribution is 9.10.